The molecule has 1 saturated heterocycles. The van der Waals surface area contributed by atoms with Gasteiger partial charge in [0.15, 0.2) is 6.29 Å². The summed E-state index contributed by atoms with van der Waals surface area (Å²) in [4.78, 5) is 0. The summed E-state index contributed by atoms with van der Waals surface area (Å²) in [6, 6.07) is 0. The molecule has 1 rings (SSSR count). The molecule has 27 heavy (non-hydrogen) atoms. The van der Waals surface area contributed by atoms with Crippen LogP contribution in [0.5, 0.6) is 0 Å². The lowest BCUT2D eigenvalue weighted by Crippen LogP contribution is -2.59. The zero-order chi connectivity index (χ0) is 20.1. The van der Waals surface area contributed by atoms with Gasteiger partial charge in [-0.15, -0.1) is 0 Å². The van der Waals surface area contributed by atoms with Crippen molar-refractivity contribution in [3.05, 3.63) is 12.2 Å². The standard InChI is InChI=1S/C20H26O7/c1-2-3-4-5-6-7-8-9-10-11-15(12-13-21)26-20-19(25)18(24)17(23)16(14-22)27-20/h8-9,15-25H,10-14H2,1H3/b9-8-/t15-,16+,17+,18-,19+,20+/m1/s1. The van der Waals surface area contributed by atoms with E-state index in [1.165, 1.54) is 0 Å². The SMILES string of the molecule is CC#CC#CC#C/C=C\CC[C@H](CCO)O[C@H]1O[C@@H](CO)[C@H](O)[C@@H](O)[C@@H]1O. The summed E-state index contributed by atoms with van der Waals surface area (Å²) in [5.41, 5.74) is 0. The van der Waals surface area contributed by atoms with Gasteiger partial charge in [0.1, 0.15) is 24.4 Å². The second kappa shape index (κ2) is 13.3. The second-order valence-electron chi connectivity index (χ2n) is 5.84. The average molecular weight is 378 g/mol. The molecule has 148 valence electrons. The Labute approximate surface area is 159 Å². The Bertz CT molecular complexity index is 638. The van der Waals surface area contributed by atoms with E-state index in [-0.39, 0.29) is 6.61 Å². The number of aliphatic hydroxyl groups is 5. The lowest BCUT2D eigenvalue weighted by Gasteiger charge is -2.40. The molecule has 0 unspecified atom stereocenters. The minimum absolute atomic E-state index is 0.125. The molecular formula is C20H26O7. The van der Waals surface area contributed by atoms with Crippen molar-refractivity contribution in [1.29, 1.82) is 0 Å². The number of ether oxygens (including phenoxy) is 2. The quantitative estimate of drug-likeness (QED) is 0.341. The Morgan fingerprint density at radius 3 is 2.41 bits per heavy atom. The summed E-state index contributed by atoms with van der Waals surface area (Å²) in [6.45, 7) is 1.04. The van der Waals surface area contributed by atoms with E-state index < -0.39 is 43.4 Å². The van der Waals surface area contributed by atoms with Crippen LogP contribution in [-0.2, 0) is 9.47 Å². The van der Waals surface area contributed by atoms with Crippen LogP contribution in [-0.4, -0.2) is 75.6 Å². The predicted octanol–water partition coefficient (Wildman–Crippen LogP) is -1.08. The van der Waals surface area contributed by atoms with Gasteiger partial charge in [-0.1, -0.05) is 17.9 Å². The third-order valence-electron chi connectivity index (χ3n) is 3.87. The Morgan fingerprint density at radius 2 is 1.74 bits per heavy atom. The normalized spacial score (nSPS) is 28.3. The van der Waals surface area contributed by atoms with Crippen LogP contribution in [0.3, 0.4) is 0 Å². The molecule has 1 heterocycles. The first kappa shape index (κ1) is 23.2. The topological polar surface area (TPSA) is 120 Å². The molecule has 0 amide bonds. The van der Waals surface area contributed by atoms with Crippen molar-refractivity contribution in [3.8, 4) is 35.5 Å². The number of allylic oxidation sites excluding steroid dienone is 2. The molecule has 0 bridgehead atoms. The summed E-state index contributed by atoms with van der Waals surface area (Å²) >= 11 is 0. The van der Waals surface area contributed by atoms with Crippen LogP contribution in [0.25, 0.3) is 0 Å². The van der Waals surface area contributed by atoms with Crippen LogP contribution in [0.4, 0.5) is 0 Å². The van der Waals surface area contributed by atoms with Crippen LogP contribution in [0.15, 0.2) is 12.2 Å². The summed E-state index contributed by atoms with van der Waals surface area (Å²) in [6.07, 6.45) is -2.20. The summed E-state index contributed by atoms with van der Waals surface area (Å²) in [5.74, 6) is 15.7. The lowest BCUT2D eigenvalue weighted by molar-refractivity contribution is -0.312. The first-order valence-electron chi connectivity index (χ1n) is 8.69. The van der Waals surface area contributed by atoms with E-state index in [4.69, 9.17) is 9.47 Å². The molecule has 0 aromatic heterocycles. The summed E-state index contributed by atoms with van der Waals surface area (Å²) in [5, 5.41) is 48.0. The number of hydrogen-bond acceptors (Lipinski definition) is 7. The highest BCUT2D eigenvalue weighted by molar-refractivity contribution is 5.37. The third kappa shape index (κ3) is 8.13. The molecule has 0 radical (unpaired) electrons. The molecule has 0 aliphatic carbocycles. The minimum atomic E-state index is -1.50. The van der Waals surface area contributed by atoms with Crippen LogP contribution in [0.1, 0.15) is 26.2 Å². The zero-order valence-electron chi connectivity index (χ0n) is 15.2. The van der Waals surface area contributed by atoms with Crippen LogP contribution in [0.2, 0.25) is 0 Å². The summed E-state index contributed by atoms with van der Waals surface area (Å²) < 4.78 is 11.0. The molecule has 1 aliphatic rings. The second-order valence-corrected chi connectivity index (χ2v) is 5.84. The molecule has 0 spiro atoms. The van der Waals surface area contributed by atoms with E-state index in [0.29, 0.717) is 19.3 Å². The molecule has 1 aliphatic heterocycles. The molecule has 7 nitrogen and oxygen atoms in total. The van der Waals surface area contributed by atoms with Crippen LogP contribution in [0, 0.1) is 35.5 Å². The molecule has 7 heteroatoms. The highest BCUT2D eigenvalue weighted by Gasteiger charge is 2.44. The molecule has 6 atom stereocenters. The third-order valence-corrected chi connectivity index (χ3v) is 3.87. The first-order chi connectivity index (χ1) is 13.0. The summed E-state index contributed by atoms with van der Waals surface area (Å²) in [7, 11) is 0. The maximum atomic E-state index is 10.0. The van der Waals surface area contributed by atoms with Gasteiger partial charge in [0.2, 0.25) is 0 Å². The highest BCUT2D eigenvalue weighted by Crippen LogP contribution is 2.24. The van der Waals surface area contributed by atoms with Gasteiger partial charge in [0.25, 0.3) is 0 Å². The Kier molecular flexibility index (Phi) is 11.4. The maximum absolute atomic E-state index is 10.0. The fourth-order valence-electron chi connectivity index (χ4n) is 2.42. The Hall–Kier alpha value is -1.86. The monoisotopic (exact) mass is 378 g/mol. The van der Waals surface area contributed by atoms with Gasteiger partial charge in [0.05, 0.1) is 12.7 Å². The van der Waals surface area contributed by atoms with Crippen molar-refractivity contribution in [2.24, 2.45) is 0 Å². The lowest BCUT2D eigenvalue weighted by atomic mass is 9.99. The van der Waals surface area contributed by atoms with Gasteiger partial charge < -0.3 is 35.0 Å². The van der Waals surface area contributed by atoms with Crippen LogP contribution >= 0.6 is 0 Å². The van der Waals surface area contributed by atoms with E-state index in [2.05, 4.69) is 35.5 Å². The van der Waals surface area contributed by atoms with E-state index in [9.17, 15) is 25.5 Å². The van der Waals surface area contributed by atoms with Gasteiger partial charge in [-0.25, -0.2) is 0 Å². The molecule has 5 N–H and O–H groups in total. The van der Waals surface area contributed by atoms with E-state index in [1.807, 2.05) is 6.08 Å². The van der Waals surface area contributed by atoms with Gasteiger partial charge in [-0.05, 0) is 55.9 Å². The zero-order valence-corrected chi connectivity index (χ0v) is 15.2. The van der Waals surface area contributed by atoms with Gasteiger partial charge in [-0.3, -0.25) is 0 Å². The van der Waals surface area contributed by atoms with Gasteiger partial charge in [-0.2, -0.15) is 0 Å². The minimum Gasteiger partial charge on any atom is -0.396 e. The van der Waals surface area contributed by atoms with E-state index in [1.54, 1.807) is 13.0 Å². The molecule has 1 fully saturated rings. The molecule has 0 aromatic rings. The molecular weight excluding hydrogens is 352 g/mol. The van der Waals surface area contributed by atoms with Crippen molar-refractivity contribution in [2.75, 3.05) is 13.2 Å². The highest BCUT2D eigenvalue weighted by atomic mass is 16.7. The molecule has 0 saturated carbocycles. The Balaban J connectivity index is 2.55. The van der Waals surface area contributed by atoms with Crippen LogP contribution < -0.4 is 0 Å². The van der Waals surface area contributed by atoms with Gasteiger partial charge in [0, 0.05) is 6.61 Å². The smallest absolute Gasteiger partial charge is 0.186 e. The van der Waals surface area contributed by atoms with Gasteiger partial charge >= 0.3 is 0 Å². The number of hydrogen-bond donors (Lipinski definition) is 5. The van der Waals surface area contributed by atoms with Crippen molar-refractivity contribution in [1.82, 2.24) is 0 Å². The first-order valence-corrected chi connectivity index (χ1v) is 8.69. The van der Waals surface area contributed by atoms with Crippen molar-refractivity contribution in [2.45, 2.75) is 63.0 Å². The fraction of sp³-hybridized carbons (Fsp3) is 0.600. The number of aliphatic hydroxyl groups excluding tert-OH is 5. The van der Waals surface area contributed by atoms with Crippen molar-refractivity contribution < 1.29 is 35.0 Å². The maximum Gasteiger partial charge on any atom is 0.186 e. The van der Waals surface area contributed by atoms with E-state index in [0.717, 1.165) is 0 Å². The Morgan fingerprint density at radius 1 is 1.00 bits per heavy atom. The van der Waals surface area contributed by atoms with Crippen molar-refractivity contribution in [3.63, 3.8) is 0 Å². The van der Waals surface area contributed by atoms with Crippen molar-refractivity contribution >= 4 is 0 Å². The number of rotatable bonds is 8. The van der Waals surface area contributed by atoms with E-state index >= 15 is 0 Å². The molecule has 0 aromatic carbocycles. The fourth-order valence-corrected chi connectivity index (χ4v) is 2.42. The average Bonchev–Trinajstić information content (AvgIpc) is 2.67. The predicted molar refractivity (Wildman–Crippen MR) is 97.7 cm³/mol. The largest absolute Gasteiger partial charge is 0.396 e.